The molecule has 0 spiro atoms. The van der Waals surface area contributed by atoms with Crippen LogP contribution in [-0.2, 0) is 16.0 Å². The van der Waals surface area contributed by atoms with Gasteiger partial charge in [0.25, 0.3) is 5.91 Å². The fraction of sp³-hybridized carbons (Fsp3) is 0.304. The second-order valence-corrected chi connectivity index (χ2v) is 6.81. The van der Waals surface area contributed by atoms with Gasteiger partial charge in [-0.15, -0.1) is 0 Å². The summed E-state index contributed by atoms with van der Waals surface area (Å²) in [5, 5.41) is 10.3. The smallest absolute Gasteiger partial charge is 0.301 e. The molecule has 1 aliphatic heterocycles. The molecule has 1 aliphatic rings. The van der Waals surface area contributed by atoms with Gasteiger partial charge in [0.2, 0.25) is 0 Å². The first-order valence-electron chi connectivity index (χ1n) is 9.71. The third-order valence-corrected chi connectivity index (χ3v) is 4.69. The number of ether oxygens (including phenoxy) is 1. The molecule has 1 N–H and O–H groups in total. The lowest BCUT2D eigenvalue weighted by molar-refractivity contribution is -0.121. The summed E-state index contributed by atoms with van der Waals surface area (Å²) >= 11 is 0. The highest BCUT2D eigenvalue weighted by Gasteiger charge is 2.40. The van der Waals surface area contributed by atoms with E-state index in [0.29, 0.717) is 23.6 Å². The summed E-state index contributed by atoms with van der Waals surface area (Å²) in [7, 11) is 0. The Hall–Kier alpha value is -3.08. The number of hydrogen-bond acceptors (Lipinski definition) is 4. The van der Waals surface area contributed by atoms with E-state index in [0.717, 1.165) is 36.1 Å². The van der Waals surface area contributed by atoms with Crippen LogP contribution in [0.3, 0.4) is 0 Å². The van der Waals surface area contributed by atoms with Crippen LogP contribution in [-0.4, -0.2) is 23.5 Å². The van der Waals surface area contributed by atoms with Gasteiger partial charge in [0.1, 0.15) is 5.75 Å². The largest absolute Gasteiger partial charge is 0.502 e. The van der Waals surface area contributed by atoms with Gasteiger partial charge in [-0.1, -0.05) is 44.5 Å². The number of amides is 2. The number of anilines is 1. The lowest BCUT2D eigenvalue weighted by Crippen LogP contribution is -2.31. The maximum absolute atomic E-state index is 12.9. The van der Waals surface area contributed by atoms with Gasteiger partial charge in [0, 0.05) is 0 Å². The van der Waals surface area contributed by atoms with Crippen molar-refractivity contribution in [2.75, 3.05) is 11.5 Å². The Bertz CT molecular complexity index is 882. The van der Waals surface area contributed by atoms with Gasteiger partial charge in [0.05, 0.1) is 17.9 Å². The number of aryl methyl sites for hydroxylation is 1. The predicted molar refractivity (Wildman–Crippen MR) is 109 cm³/mol. The number of rotatable bonds is 8. The topological polar surface area (TPSA) is 66.8 Å². The zero-order chi connectivity index (χ0) is 20.1. The maximum atomic E-state index is 12.9. The van der Waals surface area contributed by atoms with Crippen LogP contribution < -0.4 is 9.64 Å². The van der Waals surface area contributed by atoms with Crippen molar-refractivity contribution in [3.8, 4) is 5.75 Å². The summed E-state index contributed by atoms with van der Waals surface area (Å²) in [6, 6.07) is 14.2. The molecule has 5 nitrogen and oxygen atoms in total. The summed E-state index contributed by atoms with van der Waals surface area (Å²) in [5.74, 6) is -1.07. The molecule has 146 valence electrons. The summed E-state index contributed by atoms with van der Waals surface area (Å²) in [6.07, 6.45) is 4.05. The standard InChI is InChI=1S/C23H25NO4/c1-3-5-6-16-7-11-18(12-8-16)24-22(26)20(21(25)23(24)27)17-9-13-19(14-10-17)28-15-4-2/h7-14,25H,3-6,15H2,1-2H3. The summed E-state index contributed by atoms with van der Waals surface area (Å²) in [6.45, 7) is 4.76. The van der Waals surface area contributed by atoms with E-state index in [4.69, 9.17) is 4.74 Å². The van der Waals surface area contributed by atoms with Crippen molar-refractivity contribution in [3.63, 3.8) is 0 Å². The van der Waals surface area contributed by atoms with Crippen molar-refractivity contribution in [1.82, 2.24) is 0 Å². The molecule has 5 heteroatoms. The second kappa shape index (κ2) is 8.74. The van der Waals surface area contributed by atoms with Crippen molar-refractivity contribution in [2.24, 2.45) is 0 Å². The quantitative estimate of drug-likeness (QED) is 0.678. The highest BCUT2D eigenvalue weighted by Crippen LogP contribution is 2.32. The summed E-state index contributed by atoms with van der Waals surface area (Å²) < 4.78 is 5.54. The zero-order valence-corrected chi connectivity index (χ0v) is 16.3. The molecule has 2 aromatic rings. The number of nitrogens with zero attached hydrogens (tertiary/aromatic N) is 1. The average Bonchev–Trinajstić information content (AvgIpc) is 2.94. The number of imide groups is 1. The number of unbranched alkanes of at least 4 members (excludes halogenated alkanes) is 1. The SMILES string of the molecule is CCCCc1ccc(N2C(=O)C(O)=C(c3ccc(OCCC)cc3)C2=O)cc1. The zero-order valence-electron chi connectivity index (χ0n) is 16.3. The Kier molecular flexibility index (Phi) is 6.14. The Balaban J connectivity index is 1.81. The fourth-order valence-corrected chi connectivity index (χ4v) is 3.14. The lowest BCUT2D eigenvalue weighted by Gasteiger charge is -2.15. The fourth-order valence-electron chi connectivity index (χ4n) is 3.14. The minimum Gasteiger partial charge on any atom is -0.502 e. The van der Waals surface area contributed by atoms with Crippen LogP contribution in [0.2, 0.25) is 0 Å². The maximum Gasteiger partial charge on any atom is 0.301 e. The first kappa shape index (κ1) is 19.7. The highest BCUT2D eigenvalue weighted by atomic mass is 16.5. The molecule has 0 unspecified atom stereocenters. The van der Waals surface area contributed by atoms with Gasteiger partial charge in [-0.3, -0.25) is 9.59 Å². The Morgan fingerprint density at radius 2 is 1.57 bits per heavy atom. The van der Waals surface area contributed by atoms with Crippen LogP contribution in [0, 0.1) is 0 Å². The molecular weight excluding hydrogens is 354 g/mol. The molecule has 3 rings (SSSR count). The minimum absolute atomic E-state index is 0.0158. The van der Waals surface area contributed by atoms with Crippen LogP contribution >= 0.6 is 0 Å². The van der Waals surface area contributed by atoms with Crippen LogP contribution in [0.15, 0.2) is 54.3 Å². The Labute approximate surface area is 165 Å². The van der Waals surface area contributed by atoms with E-state index in [2.05, 4.69) is 6.92 Å². The summed E-state index contributed by atoms with van der Waals surface area (Å²) in [5.41, 5.74) is 2.12. The predicted octanol–water partition coefficient (Wildman–Crippen LogP) is 4.66. The molecule has 0 aromatic heterocycles. The van der Waals surface area contributed by atoms with Gasteiger partial charge in [-0.2, -0.15) is 0 Å². The number of hydrogen-bond donors (Lipinski definition) is 1. The van der Waals surface area contributed by atoms with E-state index in [1.165, 1.54) is 0 Å². The number of benzene rings is 2. The Morgan fingerprint density at radius 1 is 0.893 bits per heavy atom. The van der Waals surface area contributed by atoms with Gasteiger partial charge in [0.15, 0.2) is 5.76 Å². The third kappa shape index (κ3) is 3.93. The molecule has 0 saturated heterocycles. The van der Waals surface area contributed by atoms with E-state index < -0.39 is 17.6 Å². The molecule has 1 heterocycles. The van der Waals surface area contributed by atoms with Gasteiger partial charge in [-0.05, 0) is 54.7 Å². The van der Waals surface area contributed by atoms with E-state index >= 15 is 0 Å². The van der Waals surface area contributed by atoms with Gasteiger partial charge >= 0.3 is 5.91 Å². The molecule has 2 aromatic carbocycles. The molecular formula is C23H25NO4. The molecule has 0 atom stereocenters. The highest BCUT2D eigenvalue weighted by molar-refractivity contribution is 6.44. The van der Waals surface area contributed by atoms with Crippen LogP contribution in [0.1, 0.15) is 44.2 Å². The normalized spacial score (nSPS) is 14.1. The van der Waals surface area contributed by atoms with E-state index in [1.54, 1.807) is 36.4 Å². The molecule has 0 radical (unpaired) electrons. The average molecular weight is 379 g/mol. The minimum atomic E-state index is -0.701. The second-order valence-electron chi connectivity index (χ2n) is 6.81. The van der Waals surface area contributed by atoms with Crippen LogP contribution in [0.25, 0.3) is 5.57 Å². The number of aliphatic hydroxyl groups excluding tert-OH is 1. The van der Waals surface area contributed by atoms with Crippen molar-refractivity contribution >= 4 is 23.1 Å². The molecule has 2 amide bonds. The molecule has 0 saturated carbocycles. The van der Waals surface area contributed by atoms with E-state index in [-0.39, 0.29) is 5.57 Å². The van der Waals surface area contributed by atoms with Crippen molar-refractivity contribution in [1.29, 1.82) is 0 Å². The van der Waals surface area contributed by atoms with E-state index in [9.17, 15) is 14.7 Å². The summed E-state index contributed by atoms with van der Waals surface area (Å²) in [4.78, 5) is 26.5. The first-order valence-corrected chi connectivity index (χ1v) is 9.71. The third-order valence-electron chi connectivity index (χ3n) is 4.69. The number of carbonyl (C=O) groups is 2. The molecule has 28 heavy (non-hydrogen) atoms. The number of aliphatic hydroxyl groups is 1. The van der Waals surface area contributed by atoms with E-state index in [1.807, 2.05) is 19.1 Å². The Morgan fingerprint density at radius 3 is 2.18 bits per heavy atom. The number of carbonyl (C=O) groups excluding carboxylic acids is 2. The van der Waals surface area contributed by atoms with Crippen molar-refractivity contribution in [3.05, 3.63) is 65.4 Å². The molecule has 0 bridgehead atoms. The van der Waals surface area contributed by atoms with Crippen molar-refractivity contribution < 1.29 is 19.4 Å². The molecule has 0 aliphatic carbocycles. The lowest BCUT2D eigenvalue weighted by atomic mass is 10.1. The van der Waals surface area contributed by atoms with Gasteiger partial charge < -0.3 is 9.84 Å². The first-order chi connectivity index (χ1) is 13.6. The monoisotopic (exact) mass is 379 g/mol. The van der Waals surface area contributed by atoms with Crippen molar-refractivity contribution in [2.45, 2.75) is 39.5 Å². The molecule has 0 fully saturated rings. The van der Waals surface area contributed by atoms with Crippen LogP contribution in [0.5, 0.6) is 5.75 Å². The van der Waals surface area contributed by atoms with Crippen LogP contribution in [0.4, 0.5) is 5.69 Å². The van der Waals surface area contributed by atoms with Gasteiger partial charge in [-0.25, -0.2) is 4.90 Å².